The van der Waals surface area contributed by atoms with Crippen LogP contribution in [-0.2, 0) is 0 Å². The number of hydrogen-bond donors (Lipinski definition) is 0. The molecule has 0 bridgehead atoms. The number of rotatable bonds is 4. The van der Waals surface area contributed by atoms with Gasteiger partial charge >= 0.3 is 0 Å². The molecule has 9 unspecified atom stereocenters. The number of unbranched alkanes of at least 4 members (excludes halogenated alkanes) is 1. The summed E-state index contributed by atoms with van der Waals surface area (Å²) in [7, 11) is 2.52. The average molecular weight is 356 g/mol. The molecule has 0 aromatic heterocycles. The zero-order chi connectivity index (χ0) is 18.5. The Balaban J connectivity index is 1.52. The van der Waals surface area contributed by atoms with Gasteiger partial charge in [-0.3, -0.25) is 0 Å². The molecule has 0 spiro atoms. The fourth-order valence-corrected chi connectivity index (χ4v) is 9.18. The van der Waals surface area contributed by atoms with Gasteiger partial charge in [0.25, 0.3) is 0 Å². The van der Waals surface area contributed by atoms with Crippen molar-refractivity contribution >= 4 is 7.85 Å². The van der Waals surface area contributed by atoms with Crippen molar-refractivity contribution in [2.75, 3.05) is 0 Å². The summed E-state index contributed by atoms with van der Waals surface area (Å²) in [5, 5.41) is 0. The van der Waals surface area contributed by atoms with E-state index in [0.29, 0.717) is 10.8 Å². The Labute approximate surface area is 165 Å². The lowest BCUT2D eigenvalue weighted by Gasteiger charge is -2.61. The van der Waals surface area contributed by atoms with Gasteiger partial charge in [0.1, 0.15) is 7.85 Å². The van der Waals surface area contributed by atoms with E-state index in [0.717, 1.165) is 41.3 Å². The maximum Gasteiger partial charge on any atom is 0.105 e. The Morgan fingerprint density at radius 3 is 2.42 bits per heavy atom. The molecule has 0 amide bonds. The van der Waals surface area contributed by atoms with E-state index in [4.69, 9.17) is 0 Å². The van der Waals surface area contributed by atoms with Crippen LogP contribution in [0.25, 0.3) is 0 Å². The van der Waals surface area contributed by atoms with Crippen LogP contribution < -0.4 is 0 Å². The first-order valence-corrected chi connectivity index (χ1v) is 12.4. The van der Waals surface area contributed by atoms with Crippen LogP contribution in [0.3, 0.4) is 0 Å². The summed E-state index contributed by atoms with van der Waals surface area (Å²) in [6, 6.07) is 0. The average Bonchev–Trinajstić information content (AvgIpc) is 2.97. The lowest BCUT2D eigenvalue weighted by Crippen LogP contribution is -2.53. The lowest BCUT2D eigenvalue weighted by molar-refractivity contribution is -0.114. The second-order valence-corrected chi connectivity index (χ2v) is 11.9. The predicted octanol–water partition coefficient (Wildman–Crippen LogP) is 6.89. The lowest BCUT2D eigenvalue weighted by atomic mass is 9.43. The molecule has 1 heteroatoms. The van der Waals surface area contributed by atoms with Crippen LogP contribution in [0.2, 0.25) is 5.82 Å². The first kappa shape index (κ1) is 19.4. The molecule has 0 nitrogen and oxygen atoms in total. The normalized spacial score (nSPS) is 52.0. The van der Waals surface area contributed by atoms with E-state index < -0.39 is 0 Å². The Kier molecular flexibility index (Phi) is 5.33. The zero-order valence-corrected chi connectivity index (χ0v) is 18.5. The molecule has 0 aliphatic heterocycles. The highest BCUT2D eigenvalue weighted by Gasteiger charge is 2.60. The molecule has 4 fully saturated rings. The molecule has 0 radical (unpaired) electrons. The third kappa shape index (κ3) is 2.93. The molecule has 9 atom stereocenters. The molecule has 0 N–H and O–H groups in total. The Bertz CT molecular complexity index is 500. The van der Waals surface area contributed by atoms with Gasteiger partial charge in [-0.15, -0.1) is 0 Å². The van der Waals surface area contributed by atoms with Gasteiger partial charge in [0.05, 0.1) is 0 Å². The molecule has 0 aromatic carbocycles. The minimum absolute atomic E-state index is 0.680. The van der Waals surface area contributed by atoms with Gasteiger partial charge in [-0.05, 0) is 91.3 Å². The molecule has 0 heterocycles. The maximum absolute atomic E-state index is 2.74. The van der Waals surface area contributed by atoms with Crippen molar-refractivity contribution in [2.45, 2.75) is 111 Å². The summed E-state index contributed by atoms with van der Waals surface area (Å²) < 4.78 is 0. The van der Waals surface area contributed by atoms with E-state index >= 15 is 0 Å². The van der Waals surface area contributed by atoms with Gasteiger partial charge < -0.3 is 0 Å². The molecule has 26 heavy (non-hydrogen) atoms. The van der Waals surface area contributed by atoms with Crippen LogP contribution in [-0.4, -0.2) is 7.85 Å². The molecule has 0 aromatic rings. The molecule has 4 aliphatic carbocycles. The summed E-state index contributed by atoms with van der Waals surface area (Å²) >= 11 is 0. The van der Waals surface area contributed by atoms with Gasteiger partial charge in [0, 0.05) is 0 Å². The van der Waals surface area contributed by atoms with Crippen molar-refractivity contribution in [1.29, 1.82) is 0 Å². The van der Waals surface area contributed by atoms with Gasteiger partial charge in [-0.25, -0.2) is 0 Å². The van der Waals surface area contributed by atoms with Crippen LogP contribution in [0, 0.1) is 46.3 Å². The highest BCUT2D eigenvalue weighted by molar-refractivity contribution is 6.11. The molecule has 4 saturated carbocycles. The zero-order valence-electron chi connectivity index (χ0n) is 18.5. The SMILES string of the molecule is BC1CCC2(C)C(CCC3C2CCC2(C)C(C(C)CCCC)CCC32)C1. The third-order valence-corrected chi connectivity index (χ3v) is 10.7. The largest absolute Gasteiger partial charge is 0.105 e. The van der Waals surface area contributed by atoms with E-state index in [-0.39, 0.29) is 0 Å². The second kappa shape index (κ2) is 7.15. The second-order valence-electron chi connectivity index (χ2n) is 11.9. The highest BCUT2D eigenvalue weighted by atomic mass is 14.6. The third-order valence-electron chi connectivity index (χ3n) is 10.7. The quantitative estimate of drug-likeness (QED) is 0.481. The number of hydrogen-bond acceptors (Lipinski definition) is 0. The minimum Gasteiger partial charge on any atom is -0.0694 e. The van der Waals surface area contributed by atoms with Gasteiger partial charge in [-0.1, -0.05) is 65.6 Å². The summed E-state index contributed by atoms with van der Waals surface area (Å²) in [5.74, 6) is 7.24. The van der Waals surface area contributed by atoms with Crippen LogP contribution in [0.1, 0.15) is 105 Å². The molecular weight excluding hydrogens is 311 g/mol. The van der Waals surface area contributed by atoms with E-state index in [1.165, 1.54) is 25.7 Å². The van der Waals surface area contributed by atoms with E-state index in [1.54, 1.807) is 51.4 Å². The molecular formula is C25H45B. The Morgan fingerprint density at radius 2 is 1.65 bits per heavy atom. The van der Waals surface area contributed by atoms with Crippen LogP contribution in [0.15, 0.2) is 0 Å². The molecule has 148 valence electrons. The van der Waals surface area contributed by atoms with Gasteiger partial charge in [-0.2, -0.15) is 0 Å². The van der Waals surface area contributed by atoms with Crippen molar-refractivity contribution in [1.82, 2.24) is 0 Å². The van der Waals surface area contributed by atoms with Crippen molar-refractivity contribution in [3.05, 3.63) is 0 Å². The van der Waals surface area contributed by atoms with Crippen LogP contribution in [0.5, 0.6) is 0 Å². The smallest absolute Gasteiger partial charge is 0.0694 e. The van der Waals surface area contributed by atoms with Crippen LogP contribution >= 0.6 is 0 Å². The van der Waals surface area contributed by atoms with E-state index in [9.17, 15) is 0 Å². The van der Waals surface area contributed by atoms with E-state index in [2.05, 4.69) is 35.5 Å². The molecule has 4 aliphatic rings. The standard InChI is InChI=1S/C25H45B/c1-5-6-7-17(2)21-10-11-22-20-9-8-18-16-19(26)12-14-24(18,3)23(20)13-15-25(21,22)4/h17-23H,5-16,26H2,1-4H3. The molecule has 0 saturated heterocycles. The first-order chi connectivity index (χ1) is 12.4. The molecule has 4 rings (SSSR count). The Hall–Kier alpha value is 0.0649. The Morgan fingerprint density at radius 1 is 0.923 bits per heavy atom. The summed E-state index contributed by atoms with van der Waals surface area (Å²) in [6.45, 7) is 10.4. The van der Waals surface area contributed by atoms with Crippen LogP contribution in [0.4, 0.5) is 0 Å². The van der Waals surface area contributed by atoms with E-state index in [1.807, 2.05) is 0 Å². The van der Waals surface area contributed by atoms with Crippen molar-refractivity contribution in [3.63, 3.8) is 0 Å². The highest BCUT2D eigenvalue weighted by Crippen LogP contribution is 2.68. The van der Waals surface area contributed by atoms with Crippen molar-refractivity contribution < 1.29 is 0 Å². The number of fused-ring (bicyclic) bond motifs is 5. The van der Waals surface area contributed by atoms with Crippen molar-refractivity contribution in [3.8, 4) is 0 Å². The maximum atomic E-state index is 2.74. The monoisotopic (exact) mass is 356 g/mol. The first-order valence-electron chi connectivity index (χ1n) is 12.4. The fourth-order valence-electron chi connectivity index (χ4n) is 9.18. The minimum atomic E-state index is 0.680. The predicted molar refractivity (Wildman–Crippen MR) is 116 cm³/mol. The van der Waals surface area contributed by atoms with Gasteiger partial charge in [0.15, 0.2) is 0 Å². The topological polar surface area (TPSA) is 0 Å². The van der Waals surface area contributed by atoms with Crippen molar-refractivity contribution in [2.24, 2.45) is 46.3 Å². The summed E-state index contributed by atoms with van der Waals surface area (Å²) in [5.41, 5.74) is 1.38. The van der Waals surface area contributed by atoms with Gasteiger partial charge in [0.2, 0.25) is 0 Å². The summed E-state index contributed by atoms with van der Waals surface area (Å²) in [6.07, 6.45) is 18.3. The fraction of sp³-hybridized carbons (Fsp3) is 1.00. The summed E-state index contributed by atoms with van der Waals surface area (Å²) in [4.78, 5) is 0.